The highest BCUT2D eigenvalue weighted by Gasteiger charge is 2.03. The number of aromatic nitrogens is 2. The summed E-state index contributed by atoms with van der Waals surface area (Å²) in [5, 5.41) is 3.61. The maximum absolute atomic E-state index is 5.88. The van der Waals surface area contributed by atoms with Crippen LogP contribution in [0.2, 0.25) is 5.15 Å². The van der Waals surface area contributed by atoms with Crippen LogP contribution in [-0.4, -0.2) is 17.1 Å². The number of benzene rings is 1. The van der Waals surface area contributed by atoms with E-state index < -0.39 is 0 Å². The molecule has 0 saturated carbocycles. The van der Waals surface area contributed by atoms with Gasteiger partial charge in [-0.3, -0.25) is 0 Å². The van der Waals surface area contributed by atoms with Crippen molar-refractivity contribution >= 4 is 23.1 Å². The lowest BCUT2D eigenvalue weighted by Gasteiger charge is -2.09. The monoisotopic (exact) mass is 263 g/mol. The van der Waals surface area contributed by atoms with Crippen molar-refractivity contribution in [1.82, 2.24) is 9.97 Å². The molecular weight excluding hydrogens is 250 g/mol. The first-order chi connectivity index (χ1) is 8.58. The van der Waals surface area contributed by atoms with Crippen LogP contribution in [0.1, 0.15) is 11.4 Å². The Labute approximate surface area is 111 Å². The Balaban J connectivity index is 2.25. The quantitative estimate of drug-likeness (QED) is 0.861. The van der Waals surface area contributed by atoms with Crippen LogP contribution >= 0.6 is 11.6 Å². The number of methoxy groups -OCH3 is 1. The Kier molecular flexibility index (Phi) is 3.67. The van der Waals surface area contributed by atoms with Crippen molar-refractivity contribution in [2.24, 2.45) is 0 Å². The van der Waals surface area contributed by atoms with Gasteiger partial charge in [-0.25, -0.2) is 9.97 Å². The average molecular weight is 264 g/mol. The molecule has 0 fully saturated rings. The number of anilines is 2. The zero-order chi connectivity index (χ0) is 13.1. The van der Waals surface area contributed by atoms with Gasteiger partial charge in [0.15, 0.2) is 0 Å². The second kappa shape index (κ2) is 5.23. The van der Waals surface area contributed by atoms with E-state index in [1.54, 1.807) is 20.1 Å². The molecule has 1 heterocycles. The minimum Gasteiger partial charge on any atom is -0.496 e. The summed E-state index contributed by atoms with van der Waals surface area (Å²) >= 11 is 5.88. The molecule has 18 heavy (non-hydrogen) atoms. The van der Waals surface area contributed by atoms with Crippen LogP contribution in [0.15, 0.2) is 24.3 Å². The Morgan fingerprint density at radius 3 is 2.56 bits per heavy atom. The van der Waals surface area contributed by atoms with Crippen molar-refractivity contribution in [2.75, 3.05) is 12.4 Å². The van der Waals surface area contributed by atoms with E-state index in [-0.39, 0.29) is 0 Å². The molecule has 0 atom stereocenters. The molecule has 1 aromatic carbocycles. The summed E-state index contributed by atoms with van der Waals surface area (Å²) in [6.45, 7) is 3.79. The Morgan fingerprint density at radius 1 is 1.17 bits per heavy atom. The van der Waals surface area contributed by atoms with Crippen LogP contribution in [0.25, 0.3) is 0 Å². The molecule has 0 unspecified atom stereocenters. The van der Waals surface area contributed by atoms with Crippen molar-refractivity contribution in [1.29, 1.82) is 0 Å². The van der Waals surface area contributed by atoms with Crippen LogP contribution in [0.3, 0.4) is 0 Å². The Hall–Kier alpha value is -1.81. The molecule has 2 rings (SSSR count). The third kappa shape index (κ3) is 2.90. The van der Waals surface area contributed by atoms with Gasteiger partial charge in [-0.05, 0) is 37.6 Å². The van der Waals surface area contributed by atoms with Gasteiger partial charge in [0, 0.05) is 11.8 Å². The topological polar surface area (TPSA) is 47.0 Å². The second-order valence-corrected chi connectivity index (χ2v) is 4.32. The minimum absolute atomic E-state index is 0.426. The van der Waals surface area contributed by atoms with E-state index >= 15 is 0 Å². The van der Waals surface area contributed by atoms with Crippen molar-refractivity contribution in [3.8, 4) is 5.75 Å². The third-order valence-corrected chi connectivity index (χ3v) is 2.67. The predicted octanol–water partition coefficient (Wildman–Crippen LogP) is 3.50. The molecule has 5 heteroatoms. The number of nitrogens with zero attached hydrogens (tertiary/aromatic N) is 2. The lowest BCUT2D eigenvalue weighted by atomic mass is 10.2. The van der Waals surface area contributed by atoms with E-state index in [0.29, 0.717) is 16.8 Å². The van der Waals surface area contributed by atoms with Crippen LogP contribution in [-0.2, 0) is 0 Å². The van der Waals surface area contributed by atoms with Crippen LogP contribution in [0.4, 0.5) is 11.5 Å². The second-order valence-electron chi connectivity index (χ2n) is 3.93. The molecule has 0 aliphatic heterocycles. The number of aryl methyl sites for hydroxylation is 2. The Bertz CT molecular complexity index is 552. The molecule has 0 bridgehead atoms. The largest absolute Gasteiger partial charge is 0.496 e. The summed E-state index contributed by atoms with van der Waals surface area (Å²) in [6, 6.07) is 7.52. The molecule has 0 aliphatic carbocycles. The van der Waals surface area contributed by atoms with Crippen molar-refractivity contribution in [2.45, 2.75) is 13.8 Å². The van der Waals surface area contributed by atoms with Gasteiger partial charge in [0.1, 0.15) is 22.5 Å². The maximum Gasteiger partial charge on any atom is 0.135 e. The number of halogens is 1. The molecule has 0 spiro atoms. The van der Waals surface area contributed by atoms with Gasteiger partial charge >= 0.3 is 0 Å². The Morgan fingerprint density at radius 2 is 1.94 bits per heavy atom. The van der Waals surface area contributed by atoms with Gasteiger partial charge < -0.3 is 10.1 Å². The number of ether oxygens (including phenoxy) is 1. The van der Waals surface area contributed by atoms with E-state index in [2.05, 4.69) is 15.3 Å². The van der Waals surface area contributed by atoms with Gasteiger partial charge in [0.05, 0.1) is 7.11 Å². The van der Waals surface area contributed by atoms with Crippen molar-refractivity contribution in [3.05, 3.63) is 40.8 Å². The molecule has 0 saturated heterocycles. The molecule has 0 aliphatic rings. The first kappa shape index (κ1) is 12.6. The first-order valence-corrected chi connectivity index (χ1v) is 5.89. The third-order valence-electron chi connectivity index (χ3n) is 2.47. The molecule has 0 radical (unpaired) electrons. The number of hydrogen-bond donors (Lipinski definition) is 1. The van der Waals surface area contributed by atoms with Gasteiger partial charge in [-0.2, -0.15) is 0 Å². The van der Waals surface area contributed by atoms with Crippen molar-refractivity contribution < 1.29 is 4.74 Å². The summed E-state index contributed by atoms with van der Waals surface area (Å²) in [5.74, 6) is 2.17. The molecule has 94 valence electrons. The predicted molar refractivity (Wildman–Crippen MR) is 72.8 cm³/mol. The fourth-order valence-corrected chi connectivity index (χ4v) is 1.93. The van der Waals surface area contributed by atoms with E-state index in [0.717, 1.165) is 17.0 Å². The summed E-state index contributed by atoms with van der Waals surface area (Å²) in [7, 11) is 1.66. The van der Waals surface area contributed by atoms with Crippen molar-refractivity contribution in [3.63, 3.8) is 0 Å². The summed E-state index contributed by atoms with van der Waals surface area (Å²) in [6.07, 6.45) is 0. The van der Waals surface area contributed by atoms with Crippen LogP contribution in [0, 0.1) is 13.8 Å². The van der Waals surface area contributed by atoms with Gasteiger partial charge in [-0.1, -0.05) is 11.6 Å². The zero-order valence-electron chi connectivity index (χ0n) is 10.5. The fraction of sp³-hybridized carbons (Fsp3) is 0.231. The normalized spacial score (nSPS) is 10.2. The maximum atomic E-state index is 5.88. The molecule has 1 N–H and O–H groups in total. The number of nitrogens with one attached hydrogen (secondary N) is 1. The number of hydrogen-bond acceptors (Lipinski definition) is 4. The molecule has 0 amide bonds. The van der Waals surface area contributed by atoms with Gasteiger partial charge in [0.25, 0.3) is 0 Å². The highest BCUT2D eigenvalue weighted by atomic mass is 35.5. The van der Waals surface area contributed by atoms with E-state index in [4.69, 9.17) is 16.3 Å². The highest BCUT2D eigenvalue weighted by molar-refractivity contribution is 6.29. The lowest BCUT2D eigenvalue weighted by Crippen LogP contribution is -1.98. The summed E-state index contributed by atoms with van der Waals surface area (Å²) in [4.78, 5) is 8.28. The van der Waals surface area contributed by atoms with E-state index in [1.165, 1.54) is 0 Å². The lowest BCUT2D eigenvalue weighted by molar-refractivity contribution is 0.412. The fourth-order valence-electron chi connectivity index (χ4n) is 1.70. The molecule has 4 nitrogen and oxygen atoms in total. The molecule has 2 aromatic rings. The van der Waals surface area contributed by atoms with Crippen LogP contribution < -0.4 is 10.1 Å². The first-order valence-electron chi connectivity index (χ1n) is 5.51. The number of rotatable bonds is 3. The minimum atomic E-state index is 0.426. The zero-order valence-corrected chi connectivity index (χ0v) is 11.2. The van der Waals surface area contributed by atoms with E-state index in [1.807, 2.05) is 25.1 Å². The van der Waals surface area contributed by atoms with Crippen LogP contribution in [0.5, 0.6) is 5.75 Å². The standard InChI is InChI=1S/C13H14ClN3O/c1-8-6-10(4-5-11(8)18-3)17-13-7-12(14)15-9(2)16-13/h4-7H,1-3H3,(H,15,16,17). The average Bonchev–Trinajstić information content (AvgIpc) is 2.27. The van der Waals surface area contributed by atoms with Gasteiger partial charge in [0.2, 0.25) is 0 Å². The highest BCUT2D eigenvalue weighted by Crippen LogP contribution is 2.24. The summed E-state index contributed by atoms with van der Waals surface area (Å²) < 4.78 is 5.21. The SMILES string of the molecule is COc1ccc(Nc2cc(Cl)nc(C)n2)cc1C. The summed E-state index contributed by atoms with van der Waals surface area (Å²) in [5.41, 5.74) is 1.99. The van der Waals surface area contributed by atoms with Gasteiger partial charge in [-0.15, -0.1) is 0 Å². The smallest absolute Gasteiger partial charge is 0.135 e. The molecule has 1 aromatic heterocycles. The molecular formula is C13H14ClN3O. The van der Waals surface area contributed by atoms with E-state index in [9.17, 15) is 0 Å².